The Kier molecular flexibility index (Phi) is 5.78. The number of aryl methyl sites for hydroxylation is 2. The van der Waals surface area contributed by atoms with Crippen molar-refractivity contribution in [2.75, 3.05) is 20.3 Å². The van der Waals surface area contributed by atoms with Crippen LogP contribution in [0.2, 0.25) is 0 Å². The van der Waals surface area contributed by atoms with E-state index in [-0.39, 0.29) is 5.82 Å². The van der Waals surface area contributed by atoms with Crippen LogP contribution >= 0.6 is 11.8 Å². The van der Waals surface area contributed by atoms with E-state index in [1.165, 1.54) is 23.9 Å². The Bertz CT molecular complexity index is 601. The van der Waals surface area contributed by atoms with Gasteiger partial charge in [-0.3, -0.25) is 4.68 Å². The Balaban J connectivity index is 2.14. The van der Waals surface area contributed by atoms with E-state index in [1.54, 1.807) is 13.2 Å². The molecule has 1 heterocycles. The predicted octanol–water partition coefficient (Wildman–Crippen LogP) is 2.75. The van der Waals surface area contributed by atoms with E-state index in [9.17, 15) is 4.39 Å². The monoisotopic (exact) mass is 309 g/mol. The minimum Gasteiger partial charge on any atom is -0.383 e. The smallest absolute Gasteiger partial charge is 0.124 e. The molecule has 0 saturated heterocycles. The van der Waals surface area contributed by atoms with Crippen LogP contribution in [-0.4, -0.2) is 30.0 Å². The lowest BCUT2D eigenvalue weighted by Crippen LogP contribution is -2.19. The molecule has 0 radical (unpaired) electrons. The normalized spacial score (nSPS) is 11.0. The number of rotatable bonds is 7. The fourth-order valence-electron chi connectivity index (χ4n) is 2.04. The van der Waals surface area contributed by atoms with Gasteiger partial charge in [0.15, 0.2) is 0 Å². The molecule has 1 aromatic carbocycles. The maximum absolute atomic E-state index is 13.3. The number of nitrogens with zero attached hydrogens (tertiary/aromatic N) is 2. The molecule has 0 spiro atoms. The van der Waals surface area contributed by atoms with Crippen molar-refractivity contribution in [3.05, 3.63) is 41.3 Å². The molecule has 2 rings (SSSR count). The second-order valence-electron chi connectivity index (χ2n) is 4.72. The van der Waals surface area contributed by atoms with Crippen molar-refractivity contribution in [2.24, 2.45) is 7.05 Å². The van der Waals surface area contributed by atoms with Crippen molar-refractivity contribution in [1.29, 1.82) is 0 Å². The van der Waals surface area contributed by atoms with Crippen LogP contribution in [-0.2, 0) is 18.3 Å². The maximum atomic E-state index is 13.3. The van der Waals surface area contributed by atoms with Crippen molar-refractivity contribution in [3.63, 3.8) is 0 Å². The summed E-state index contributed by atoms with van der Waals surface area (Å²) in [7, 11) is 3.59. The first-order chi connectivity index (χ1) is 10.1. The van der Waals surface area contributed by atoms with Gasteiger partial charge in [0, 0.05) is 37.7 Å². The number of nitrogens with one attached hydrogen (secondary N) is 1. The Morgan fingerprint density at radius 3 is 2.95 bits per heavy atom. The molecule has 21 heavy (non-hydrogen) atoms. The summed E-state index contributed by atoms with van der Waals surface area (Å²) >= 11 is 1.53. The largest absolute Gasteiger partial charge is 0.383 e. The third kappa shape index (κ3) is 4.30. The number of halogens is 1. The van der Waals surface area contributed by atoms with E-state index >= 15 is 0 Å². The molecule has 0 amide bonds. The van der Waals surface area contributed by atoms with Crippen LogP contribution in [0.25, 0.3) is 0 Å². The number of ether oxygens (including phenoxy) is 1. The van der Waals surface area contributed by atoms with E-state index in [0.29, 0.717) is 6.61 Å². The summed E-state index contributed by atoms with van der Waals surface area (Å²) < 4.78 is 20.2. The van der Waals surface area contributed by atoms with Gasteiger partial charge in [0.05, 0.1) is 12.3 Å². The van der Waals surface area contributed by atoms with E-state index in [0.717, 1.165) is 34.3 Å². The molecule has 0 atom stereocenters. The van der Waals surface area contributed by atoms with Crippen LogP contribution in [0.5, 0.6) is 0 Å². The van der Waals surface area contributed by atoms with E-state index in [4.69, 9.17) is 4.74 Å². The lowest BCUT2D eigenvalue weighted by molar-refractivity contribution is 0.199. The minimum absolute atomic E-state index is 0.223. The molecule has 0 aliphatic rings. The first-order valence-electron chi connectivity index (χ1n) is 6.77. The molecule has 0 saturated carbocycles. The quantitative estimate of drug-likeness (QED) is 0.798. The first-order valence-corrected chi connectivity index (χ1v) is 7.59. The van der Waals surface area contributed by atoms with Gasteiger partial charge >= 0.3 is 0 Å². The van der Waals surface area contributed by atoms with Crippen LogP contribution in [0.15, 0.2) is 34.2 Å². The van der Waals surface area contributed by atoms with E-state index in [1.807, 2.05) is 24.7 Å². The Hall–Kier alpha value is -1.37. The van der Waals surface area contributed by atoms with Gasteiger partial charge in [0.2, 0.25) is 0 Å². The van der Waals surface area contributed by atoms with Crippen molar-refractivity contribution < 1.29 is 9.13 Å². The number of hydrogen-bond acceptors (Lipinski definition) is 4. The second kappa shape index (κ2) is 7.59. The Labute approximate surface area is 128 Å². The highest BCUT2D eigenvalue weighted by molar-refractivity contribution is 7.99. The number of aromatic nitrogens is 2. The van der Waals surface area contributed by atoms with Gasteiger partial charge in [-0.1, -0.05) is 17.8 Å². The molecule has 1 N–H and O–H groups in total. The van der Waals surface area contributed by atoms with Crippen molar-refractivity contribution >= 4 is 11.8 Å². The summed E-state index contributed by atoms with van der Waals surface area (Å²) in [4.78, 5) is 0.871. The molecule has 0 unspecified atom stereocenters. The van der Waals surface area contributed by atoms with Crippen molar-refractivity contribution in [1.82, 2.24) is 15.1 Å². The third-order valence-corrected chi connectivity index (χ3v) is 4.28. The highest BCUT2D eigenvalue weighted by Gasteiger charge is 2.14. The fourth-order valence-corrected chi connectivity index (χ4v) is 3.10. The summed E-state index contributed by atoms with van der Waals surface area (Å²) in [6.07, 6.45) is 0. The molecule has 0 bridgehead atoms. The highest BCUT2D eigenvalue weighted by Crippen LogP contribution is 2.31. The molecular formula is C15H20FN3OS. The van der Waals surface area contributed by atoms with Gasteiger partial charge in [0.1, 0.15) is 10.8 Å². The fraction of sp³-hybridized carbons (Fsp3) is 0.400. The molecule has 4 nitrogen and oxygen atoms in total. The van der Waals surface area contributed by atoms with Crippen molar-refractivity contribution in [2.45, 2.75) is 23.4 Å². The average Bonchev–Trinajstić information content (AvgIpc) is 2.70. The number of methoxy groups -OCH3 is 1. The number of hydrogen-bond donors (Lipinski definition) is 1. The molecule has 1 aromatic heterocycles. The lowest BCUT2D eigenvalue weighted by Gasteiger charge is -2.08. The van der Waals surface area contributed by atoms with Crippen LogP contribution in [0.3, 0.4) is 0 Å². The van der Waals surface area contributed by atoms with Crippen LogP contribution in [0.4, 0.5) is 4.39 Å². The standard InChI is InChI=1S/C15H20FN3OS/c1-11-14(10-17-7-8-20-3)15(19(2)18-11)21-13-6-4-5-12(16)9-13/h4-6,9,17H,7-8,10H2,1-3H3. The molecule has 0 aliphatic carbocycles. The van der Waals surface area contributed by atoms with E-state index < -0.39 is 0 Å². The summed E-state index contributed by atoms with van der Waals surface area (Å²) in [5.74, 6) is -0.223. The van der Waals surface area contributed by atoms with Crippen LogP contribution in [0, 0.1) is 12.7 Å². The molecule has 114 valence electrons. The van der Waals surface area contributed by atoms with E-state index in [2.05, 4.69) is 10.4 Å². The van der Waals surface area contributed by atoms with Gasteiger partial charge in [-0.05, 0) is 25.1 Å². The Morgan fingerprint density at radius 1 is 1.43 bits per heavy atom. The zero-order chi connectivity index (χ0) is 15.2. The topological polar surface area (TPSA) is 39.1 Å². The molecule has 0 fully saturated rings. The lowest BCUT2D eigenvalue weighted by atomic mass is 10.2. The van der Waals surface area contributed by atoms with Crippen molar-refractivity contribution in [3.8, 4) is 0 Å². The summed E-state index contributed by atoms with van der Waals surface area (Å²) in [5.41, 5.74) is 2.13. The molecular weight excluding hydrogens is 289 g/mol. The predicted molar refractivity (Wildman–Crippen MR) is 82.1 cm³/mol. The Morgan fingerprint density at radius 2 is 2.24 bits per heavy atom. The minimum atomic E-state index is -0.223. The highest BCUT2D eigenvalue weighted by atomic mass is 32.2. The SMILES string of the molecule is COCCNCc1c(C)nn(C)c1Sc1cccc(F)c1. The van der Waals surface area contributed by atoms with Gasteiger partial charge < -0.3 is 10.1 Å². The average molecular weight is 309 g/mol. The first kappa shape index (κ1) is 16.0. The summed E-state index contributed by atoms with van der Waals surface area (Å²) in [6, 6.07) is 6.61. The zero-order valence-electron chi connectivity index (χ0n) is 12.5. The van der Waals surface area contributed by atoms with Crippen LogP contribution in [0.1, 0.15) is 11.3 Å². The zero-order valence-corrected chi connectivity index (χ0v) is 13.3. The molecule has 0 aliphatic heterocycles. The molecule has 6 heteroatoms. The number of benzene rings is 1. The van der Waals surface area contributed by atoms with Gasteiger partial charge in [0.25, 0.3) is 0 Å². The second-order valence-corrected chi connectivity index (χ2v) is 5.78. The van der Waals surface area contributed by atoms with Gasteiger partial charge in [-0.25, -0.2) is 4.39 Å². The maximum Gasteiger partial charge on any atom is 0.124 e. The van der Waals surface area contributed by atoms with Crippen LogP contribution < -0.4 is 5.32 Å². The third-order valence-electron chi connectivity index (χ3n) is 3.08. The summed E-state index contributed by atoms with van der Waals surface area (Å²) in [6.45, 7) is 4.17. The molecule has 2 aromatic rings. The van der Waals surface area contributed by atoms with Gasteiger partial charge in [-0.15, -0.1) is 0 Å². The summed E-state index contributed by atoms with van der Waals surface area (Å²) in [5, 5.41) is 8.82. The van der Waals surface area contributed by atoms with Gasteiger partial charge in [-0.2, -0.15) is 5.10 Å².